The number of hydrogen-bond donors (Lipinski definition) is 0. The lowest BCUT2D eigenvalue weighted by molar-refractivity contribution is 0.0190. The van der Waals surface area contributed by atoms with E-state index in [1.807, 2.05) is 0 Å². The molecule has 2 rings (SSSR count). The summed E-state index contributed by atoms with van der Waals surface area (Å²) in [6.07, 6.45) is 4.55. The van der Waals surface area contributed by atoms with Crippen molar-refractivity contribution in [3.8, 4) is 0 Å². The number of sulfonamides is 1. The first kappa shape index (κ1) is 15.2. The van der Waals surface area contributed by atoms with Gasteiger partial charge in [-0.15, -0.1) is 0 Å². The van der Waals surface area contributed by atoms with E-state index < -0.39 is 10.0 Å². The van der Waals surface area contributed by atoms with Gasteiger partial charge in [0, 0.05) is 39.3 Å². The number of methoxy groups -OCH3 is 1. The van der Waals surface area contributed by atoms with Crippen LogP contribution in [0.4, 0.5) is 0 Å². The molecule has 0 bridgehead atoms. The summed E-state index contributed by atoms with van der Waals surface area (Å²) in [6.45, 7) is 5.26. The van der Waals surface area contributed by atoms with Crippen LogP contribution in [0.15, 0.2) is 0 Å². The molecule has 0 N–H and O–H groups in total. The van der Waals surface area contributed by atoms with Crippen molar-refractivity contribution in [1.29, 1.82) is 0 Å². The number of rotatable bonds is 4. The van der Waals surface area contributed by atoms with Crippen LogP contribution < -0.4 is 0 Å². The SMILES string of the molecule is CCS(=O)(=O)N1CCC(N2CCC(OC)CC2)CC1. The predicted octanol–water partition coefficient (Wildman–Crippen LogP) is 0.911. The third-order valence-corrected chi connectivity index (χ3v) is 6.39. The van der Waals surface area contributed by atoms with Gasteiger partial charge in [0.05, 0.1) is 11.9 Å². The maximum absolute atomic E-state index is 11.8. The molecule has 0 aromatic rings. The molecule has 2 saturated heterocycles. The molecule has 0 spiro atoms. The molecule has 0 saturated carbocycles. The topological polar surface area (TPSA) is 49.9 Å². The highest BCUT2D eigenvalue weighted by Gasteiger charge is 2.31. The van der Waals surface area contributed by atoms with E-state index in [0.29, 0.717) is 25.2 Å². The van der Waals surface area contributed by atoms with E-state index in [2.05, 4.69) is 4.90 Å². The number of likely N-dealkylation sites (tertiary alicyclic amines) is 1. The Bertz CT molecular complexity index is 369. The van der Waals surface area contributed by atoms with Gasteiger partial charge >= 0.3 is 0 Å². The zero-order valence-electron chi connectivity index (χ0n) is 12.0. The average molecular weight is 290 g/mol. The highest BCUT2D eigenvalue weighted by Crippen LogP contribution is 2.23. The molecular weight excluding hydrogens is 264 g/mol. The second-order valence-electron chi connectivity index (χ2n) is 5.50. The van der Waals surface area contributed by atoms with Crippen molar-refractivity contribution >= 4 is 10.0 Å². The first-order chi connectivity index (χ1) is 9.06. The van der Waals surface area contributed by atoms with Crippen molar-refractivity contribution in [3.63, 3.8) is 0 Å². The van der Waals surface area contributed by atoms with Crippen molar-refractivity contribution in [2.24, 2.45) is 0 Å². The van der Waals surface area contributed by atoms with Gasteiger partial charge in [-0.2, -0.15) is 0 Å². The van der Waals surface area contributed by atoms with Crippen molar-refractivity contribution in [2.75, 3.05) is 39.0 Å². The summed E-state index contributed by atoms with van der Waals surface area (Å²) >= 11 is 0. The fourth-order valence-electron chi connectivity index (χ4n) is 3.14. The minimum atomic E-state index is -2.99. The quantitative estimate of drug-likeness (QED) is 0.772. The maximum atomic E-state index is 11.8. The lowest BCUT2D eigenvalue weighted by Gasteiger charge is -2.41. The third kappa shape index (κ3) is 3.68. The van der Waals surface area contributed by atoms with Gasteiger partial charge in [0.15, 0.2) is 0 Å². The second kappa shape index (κ2) is 6.52. The Kier molecular flexibility index (Phi) is 5.22. The summed E-state index contributed by atoms with van der Waals surface area (Å²) in [4.78, 5) is 2.52. The first-order valence-electron chi connectivity index (χ1n) is 7.31. The standard InChI is InChI=1S/C13H26N2O3S/c1-3-19(16,17)15-10-4-12(5-11-15)14-8-6-13(18-2)7-9-14/h12-13H,3-11H2,1-2H3. The molecule has 0 aliphatic carbocycles. The smallest absolute Gasteiger partial charge is 0.213 e. The van der Waals surface area contributed by atoms with Crippen LogP contribution >= 0.6 is 0 Å². The van der Waals surface area contributed by atoms with Gasteiger partial charge in [-0.05, 0) is 32.6 Å². The van der Waals surface area contributed by atoms with E-state index in [1.54, 1.807) is 18.3 Å². The Morgan fingerprint density at radius 3 is 2.11 bits per heavy atom. The van der Waals surface area contributed by atoms with Gasteiger partial charge in [0.25, 0.3) is 0 Å². The van der Waals surface area contributed by atoms with Crippen LogP contribution in [0.1, 0.15) is 32.6 Å². The molecule has 2 fully saturated rings. The fourth-order valence-corrected chi connectivity index (χ4v) is 4.28. The second-order valence-corrected chi connectivity index (χ2v) is 7.76. The molecule has 0 aromatic carbocycles. The normalized spacial score (nSPS) is 25.8. The van der Waals surface area contributed by atoms with Gasteiger partial charge in [-0.25, -0.2) is 12.7 Å². The summed E-state index contributed by atoms with van der Waals surface area (Å²) in [6, 6.07) is 0.557. The van der Waals surface area contributed by atoms with Crippen molar-refractivity contribution in [2.45, 2.75) is 44.8 Å². The lowest BCUT2D eigenvalue weighted by Crippen LogP contribution is -2.49. The van der Waals surface area contributed by atoms with Crippen molar-refractivity contribution in [3.05, 3.63) is 0 Å². The van der Waals surface area contributed by atoms with Crippen LogP contribution in [0.5, 0.6) is 0 Å². The maximum Gasteiger partial charge on any atom is 0.213 e. The number of hydrogen-bond acceptors (Lipinski definition) is 4. The summed E-state index contributed by atoms with van der Waals surface area (Å²) in [7, 11) is -1.21. The molecule has 2 aliphatic heterocycles. The highest BCUT2D eigenvalue weighted by molar-refractivity contribution is 7.89. The largest absolute Gasteiger partial charge is 0.381 e. The number of nitrogens with zero attached hydrogens (tertiary/aromatic N) is 2. The molecule has 112 valence electrons. The first-order valence-corrected chi connectivity index (χ1v) is 8.92. The number of ether oxygens (including phenoxy) is 1. The molecule has 0 atom stereocenters. The molecular formula is C13H26N2O3S. The molecule has 0 radical (unpaired) electrons. The van der Waals surface area contributed by atoms with E-state index in [-0.39, 0.29) is 5.75 Å². The summed E-state index contributed by atoms with van der Waals surface area (Å²) in [5.74, 6) is 0.219. The summed E-state index contributed by atoms with van der Waals surface area (Å²) < 4.78 is 30.7. The lowest BCUT2D eigenvalue weighted by atomic mass is 10.00. The van der Waals surface area contributed by atoms with E-state index >= 15 is 0 Å². The van der Waals surface area contributed by atoms with Gasteiger partial charge in [0.2, 0.25) is 10.0 Å². The van der Waals surface area contributed by atoms with Gasteiger partial charge in [-0.3, -0.25) is 0 Å². The molecule has 2 heterocycles. The van der Waals surface area contributed by atoms with Crippen molar-refractivity contribution < 1.29 is 13.2 Å². The zero-order chi connectivity index (χ0) is 13.9. The van der Waals surface area contributed by atoms with Gasteiger partial charge in [-0.1, -0.05) is 0 Å². The zero-order valence-corrected chi connectivity index (χ0v) is 12.9. The minimum absolute atomic E-state index is 0.219. The summed E-state index contributed by atoms with van der Waals surface area (Å²) in [5, 5.41) is 0. The van der Waals surface area contributed by atoms with Crippen molar-refractivity contribution in [1.82, 2.24) is 9.21 Å². The van der Waals surface area contributed by atoms with Crippen LogP contribution in [0, 0.1) is 0 Å². The number of piperidine rings is 2. The Morgan fingerprint density at radius 2 is 1.63 bits per heavy atom. The van der Waals surface area contributed by atoms with E-state index in [1.165, 1.54) is 0 Å². The van der Waals surface area contributed by atoms with Crippen LogP contribution in [-0.4, -0.2) is 68.8 Å². The Morgan fingerprint density at radius 1 is 1.05 bits per heavy atom. The highest BCUT2D eigenvalue weighted by atomic mass is 32.2. The molecule has 0 aromatic heterocycles. The van der Waals surface area contributed by atoms with E-state index in [4.69, 9.17) is 4.74 Å². The monoisotopic (exact) mass is 290 g/mol. The molecule has 6 heteroatoms. The summed E-state index contributed by atoms with van der Waals surface area (Å²) in [5.41, 5.74) is 0. The fraction of sp³-hybridized carbons (Fsp3) is 1.00. The molecule has 19 heavy (non-hydrogen) atoms. The molecule has 0 unspecified atom stereocenters. The average Bonchev–Trinajstić information content (AvgIpc) is 2.47. The van der Waals surface area contributed by atoms with Crippen LogP contribution in [0.3, 0.4) is 0 Å². The Labute approximate surface area is 117 Å². The van der Waals surface area contributed by atoms with Gasteiger partial charge in [0.1, 0.15) is 0 Å². The van der Waals surface area contributed by atoms with E-state index in [0.717, 1.165) is 38.8 Å². The predicted molar refractivity (Wildman–Crippen MR) is 75.7 cm³/mol. The third-order valence-electron chi connectivity index (χ3n) is 4.51. The molecule has 0 amide bonds. The molecule has 2 aliphatic rings. The van der Waals surface area contributed by atoms with E-state index in [9.17, 15) is 8.42 Å². The van der Waals surface area contributed by atoms with Gasteiger partial charge < -0.3 is 9.64 Å². The van der Waals surface area contributed by atoms with Crippen LogP contribution in [0.2, 0.25) is 0 Å². The van der Waals surface area contributed by atoms with Crippen LogP contribution in [-0.2, 0) is 14.8 Å². The molecule has 5 nitrogen and oxygen atoms in total. The van der Waals surface area contributed by atoms with Crippen LogP contribution in [0.25, 0.3) is 0 Å². The Balaban J connectivity index is 1.81. The minimum Gasteiger partial charge on any atom is -0.381 e. The Hall–Kier alpha value is -0.170.